The minimum atomic E-state index is -0.282. The lowest BCUT2D eigenvalue weighted by atomic mass is 9.73. The highest BCUT2D eigenvalue weighted by atomic mass is 79.9. The molecule has 1 saturated carbocycles. The van der Waals surface area contributed by atoms with Crippen LogP contribution in [0.25, 0.3) is 0 Å². The van der Waals surface area contributed by atoms with E-state index in [1.807, 2.05) is 0 Å². The van der Waals surface area contributed by atoms with Crippen molar-refractivity contribution in [1.82, 2.24) is 0 Å². The molecule has 4 rings (SSSR count). The number of nitrogens with one attached hydrogen (secondary N) is 1. The van der Waals surface area contributed by atoms with Crippen LogP contribution in [0.2, 0.25) is 0 Å². The number of benzene rings is 1. The summed E-state index contributed by atoms with van der Waals surface area (Å²) in [5.41, 5.74) is 1.86. The molecule has 24 heavy (non-hydrogen) atoms. The second kappa shape index (κ2) is 7.45. The molecular weight excluding hydrogens is 366 g/mol. The first-order valence-corrected chi connectivity index (χ1v) is 9.44. The number of rotatable bonds is 2. The van der Waals surface area contributed by atoms with Gasteiger partial charge < -0.3 is 31.4 Å². The lowest BCUT2D eigenvalue weighted by Gasteiger charge is -2.50. The molecule has 1 aromatic rings. The lowest BCUT2D eigenvalue weighted by Crippen LogP contribution is -3.21. The number of ether oxygens (including phenoxy) is 2. The third kappa shape index (κ3) is 3.07. The predicted molar refractivity (Wildman–Crippen MR) is 90.3 cm³/mol. The Morgan fingerprint density at radius 3 is 2.25 bits per heavy atom. The predicted octanol–water partition coefficient (Wildman–Crippen LogP) is -0.482. The average Bonchev–Trinajstić information content (AvgIpc) is 3.09. The molecule has 0 bridgehead atoms. The van der Waals surface area contributed by atoms with Gasteiger partial charge in [0.15, 0.2) is 5.79 Å². The molecule has 3 aliphatic rings. The van der Waals surface area contributed by atoms with Crippen LogP contribution in [0, 0.1) is 5.92 Å². The Kier molecular flexibility index (Phi) is 5.70. The van der Waals surface area contributed by atoms with E-state index in [1.165, 1.54) is 38.6 Å². The Morgan fingerprint density at radius 1 is 0.958 bits per heavy atom. The van der Waals surface area contributed by atoms with Crippen molar-refractivity contribution >= 4 is 0 Å². The van der Waals surface area contributed by atoms with E-state index in [0.717, 1.165) is 26.2 Å². The first-order chi connectivity index (χ1) is 11.3. The summed E-state index contributed by atoms with van der Waals surface area (Å²) in [5, 5.41) is 0. The number of hydrogen-bond donors (Lipinski definition) is 1. The Balaban J connectivity index is 0.00000169. The average molecular weight is 396 g/mol. The second-order valence-electron chi connectivity index (χ2n) is 7.73. The van der Waals surface area contributed by atoms with E-state index in [2.05, 4.69) is 37.3 Å². The van der Waals surface area contributed by atoms with Crippen molar-refractivity contribution in [1.29, 1.82) is 0 Å². The minimum absolute atomic E-state index is 0. The Bertz CT molecular complexity index is 524. The smallest absolute Gasteiger partial charge is 0.181 e. The molecule has 2 atom stereocenters. The minimum Gasteiger partial charge on any atom is -1.00 e. The maximum absolute atomic E-state index is 6.03. The number of halogens is 1. The van der Waals surface area contributed by atoms with Gasteiger partial charge in [-0.3, -0.25) is 0 Å². The van der Waals surface area contributed by atoms with Gasteiger partial charge >= 0.3 is 0 Å². The van der Waals surface area contributed by atoms with Crippen molar-refractivity contribution < 1.29 is 31.4 Å². The zero-order valence-corrected chi connectivity index (χ0v) is 16.3. The zero-order chi connectivity index (χ0) is 15.8. The van der Waals surface area contributed by atoms with Crippen molar-refractivity contribution in [3.05, 3.63) is 35.9 Å². The third-order valence-electron chi connectivity index (χ3n) is 6.57. The lowest BCUT2D eigenvalue weighted by molar-refractivity contribution is -0.974. The summed E-state index contributed by atoms with van der Waals surface area (Å²) >= 11 is 0. The van der Waals surface area contributed by atoms with Crippen LogP contribution in [0.15, 0.2) is 30.3 Å². The highest BCUT2D eigenvalue weighted by molar-refractivity contribution is 5.22. The van der Waals surface area contributed by atoms with Crippen LogP contribution in [-0.2, 0) is 15.0 Å². The van der Waals surface area contributed by atoms with Gasteiger partial charge in [0.05, 0.1) is 38.6 Å². The highest BCUT2D eigenvalue weighted by Crippen LogP contribution is 2.38. The molecule has 1 spiro atoms. The van der Waals surface area contributed by atoms with Gasteiger partial charge in [-0.15, -0.1) is 0 Å². The Morgan fingerprint density at radius 2 is 1.62 bits per heavy atom. The number of quaternary nitrogens is 1. The Labute approximate surface area is 156 Å². The topological polar surface area (TPSA) is 22.9 Å². The molecule has 1 aromatic carbocycles. The third-order valence-corrected chi connectivity index (χ3v) is 6.57. The maximum atomic E-state index is 6.03. The van der Waals surface area contributed by atoms with Crippen molar-refractivity contribution in [3.8, 4) is 0 Å². The van der Waals surface area contributed by atoms with Crippen molar-refractivity contribution in [2.24, 2.45) is 5.92 Å². The fraction of sp³-hybridized carbons (Fsp3) is 0.700. The van der Waals surface area contributed by atoms with Crippen molar-refractivity contribution in [3.63, 3.8) is 0 Å². The summed E-state index contributed by atoms with van der Waals surface area (Å²) in [4.78, 5) is 1.76. The van der Waals surface area contributed by atoms with E-state index < -0.39 is 0 Å². The molecule has 3 fully saturated rings. The van der Waals surface area contributed by atoms with Crippen LogP contribution in [0.5, 0.6) is 0 Å². The summed E-state index contributed by atoms with van der Waals surface area (Å²) in [6.07, 6.45) is 7.82. The summed E-state index contributed by atoms with van der Waals surface area (Å²) in [5.74, 6) is 0.187. The summed E-state index contributed by atoms with van der Waals surface area (Å²) in [7, 11) is 0. The number of piperidine rings is 1. The fourth-order valence-corrected chi connectivity index (χ4v) is 5.29. The van der Waals surface area contributed by atoms with Gasteiger partial charge in [-0.1, -0.05) is 43.7 Å². The van der Waals surface area contributed by atoms with E-state index in [9.17, 15) is 0 Å². The maximum Gasteiger partial charge on any atom is 0.181 e. The molecule has 0 radical (unpaired) electrons. The molecule has 3 nitrogen and oxygen atoms in total. The van der Waals surface area contributed by atoms with Crippen LogP contribution in [0.1, 0.15) is 51.0 Å². The molecule has 134 valence electrons. The molecule has 1 aliphatic carbocycles. The van der Waals surface area contributed by atoms with Gasteiger partial charge in [0.2, 0.25) is 0 Å². The molecule has 2 unspecified atom stereocenters. The fourth-order valence-electron chi connectivity index (χ4n) is 5.29. The van der Waals surface area contributed by atoms with Crippen LogP contribution >= 0.6 is 0 Å². The molecular formula is C20H30BrNO2. The van der Waals surface area contributed by atoms with Crippen LogP contribution in [0.3, 0.4) is 0 Å². The van der Waals surface area contributed by atoms with Crippen LogP contribution in [0.4, 0.5) is 0 Å². The van der Waals surface area contributed by atoms with E-state index in [0.29, 0.717) is 11.5 Å². The summed E-state index contributed by atoms with van der Waals surface area (Å²) in [6.45, 7) is 6.19. The molecule has 1 N–H and O–H groups in total. The normalized spacial score (nSPS) is 31.5. The van der Waals surface area contributed by atoms with Crippen LogP contribution in [-0.4, -0.2) is 32.1 Å². The van der Waals surface area contributed by atoms with Crippen LogP contribution < -0.4 is 21.9 Å². The van der Waals surface area contributed by atoms with E-state index in [-0.39, 0.29) is 22.8 Å². The van der Waals surface area contributed by atoms with E-state index >= 15 is 0 Å². The van der Waals surface area contributed by atoms with Gasteiger partial charge in [0.25, 0.3) is 0 Å². The van der Waals surface area contributed by atoms with Crippen molar-refractivity contribution in [2.45, 2.75) is 56.8 Å². The van der Waals surface area contributed by atoms with Crippen molar-refractivity contribution in [2.75, 3.05) is 26.3 Å². The monoisotopic (exact) mass is 395 g/mol. The first kappa shape index (κ1) is 18.4. The molecule has 2 saturated heterocycles. The van der Waals surface area contributed by atoms with Gasteiger partial charge in [0.1, 0.15) is 5.54 Å². The van der Waals surface area contributed by atoms with Gasteiger partial charge in [-0.25, -0.2) is 0 Å². The zero-order valence-electron chi connectivity index (χ0n) is 14.7. The quantitative estimate of drug-likeness (QED) is 0.730. The van der Waals surface area contributed by atoms with Gasteiger partial charge in [-0.05, 0) is 12.8 Å². The van der Waals surface area contributed by atoms with E-state index in [4.69, 9.17) is 9.47 Å². The SMILES string of the molecule is CC1C[NH+](C2(c3ccccc3)CCCCC2)CCC12OCCO2.[Br-]. The molecule has 0 aromatic heterocycles. The molecule has 0 amide bonds. The second-order valence-corrected chi connectivity index (χ2v) is 7.73. The molecule has 2 heterocycles. The molecule has 2 aliphatic heterocycles. The van der Waals surface area contributed by atoms with Gasteiger partial charge in [0, 0.05) is 18.4 Å². The Hall–Kier alpha value is -0.420. The number of likely N-dealkylation sites (tertiary alicyclic amines) is 1. The standard InChI is InChI=1S/C20H29NO2.BrH/c1-17-16-21(13-12-20(17)22-14-15-23-20)19(10-6-3-7-11-19)18-8-4-2-5-9-18;/h2,4-5,8-9,17H,3,6-7,10-16H2,1H3;1H. The summed E-state index contributed by atoms with van der Waals surface area (Å²) < 4.78 is 12.1. The molecule has 4 heteroatoms. The summed E-state index contributed by atoms with van der Waals surface area (Å²) in [6, 6.07) is 11.3. The van der Waals surface area contributed by atoms with E-state index in [1.54, 1.807) is 10.5 Å². The first-order valence-electron chi connectivity index (χ1n) is 9.44. The largest absolute Gasteiger partial charge is 1.00 e. The van der Waals surface area contributed by atoms with Gasteiger partial charge in [-0.2, -0.15) is 0 Å². The highest BCUT2D eigenvalue weighted by Gasteiger charge is 2.53. The number of hydrogen-bond acceptors (Lipinski definition) is 2.